The van der Waals surface area contributed by atoms with Gasteiger partial charge in [-0.2, -0.15) is 5.10 Å². The maximum absolute atomic E-state index is 5.63. The number of nitrogens with zero attached hydrogens (tertiary/aromatic N) is 4. The lowest BCUT2D eigenvalue weighted by atomic mass is 10.1. The number of aromatic nitrogens is 4. The molecule has 3 aromatic rings. The number of imidazole rings is 1. The Hall–Kier alpha value is -2.89. The molecule has 0 spiro atoms. The first-order chi connectivity index (χ1) is 18.7. The molecule has 4 heterocycles. The van der Waals surface area contributed by atoms with Crippen LogP contribution in [0.4, 0.5) is 5.82 Å². The van der Waals surface area contributed by atoms with Crippen molar-refractivity contribution in [2.75, 3.05) is 25.5 Å². The molecule has 1 aliphatic heterocycles. The van der Waals surface area contributed by atoms with E-state index in [0.29, 0.717) is 28.6 Å². The van der Waals surface area contributed by atoms with E-state index >= 15 is 0 Å². The number of pyridine rings is 1. The van der Waals surface area contributed by atoms with Crippen molar-refractivity contribution in [3.63, 3.8) is 0 Å². The summed E-state index contributed by atoms with van der Waals surface area (Å²) in [4.78, 5) is 9.82. The quantitative estimate of drug-likeness (QED) is 0.252. The number of nitrogens with one attached hydrogen (secondary N) is 2. The Morgan fingerprint density at radius 3 is 2.44 bits per heavy atom. The van der Waals surface area contributed by atoms with Crippen LogP contribution in [0.1, 0.15) is 84.4 Å². The van der Waals surface area contributed by atoms with Crippen LogP contribution >= 0.6 is 0 Å². The molecule has 0 bridgehead atoms. The van der Waals surface area contributed by atoms with Crippen LogP contribution in [-0.2, 0) is 0 Å². The van der Waals surface area contributed by atoms with E-state index in [0.717, 1.165) is 78.6 Å². The molecule has 2 N–H and O–H groups in total. The van der Waals surface area contributed by atoms with E-state index in [1.54, 1.807) is 7.11 Å². The minimum absolute atomic E-state index is 0.329. The summed E-state index contributed by atoms with van der Waals surface area (Å²) in [6.07, 6.45) is 6.46. The summed E-state index contributed by atoms with van der Waals surface area (Å²) in [7, 11) is -0.167. The van der Waals surface area contributed by atoms with Crippen molar-refractivity contribution < 1.29 is 4.74 Å². The Kier molecular flexibility index (Phi) is 8.02. The number of piperidine rings is 1. The first kappa shape index (κ1) is 27.7. The van der Waals surface area contributed by atoms with Gasteiger partial charge >= 0.3 is 0 Å². The molecule has 1 saturated carbocycles. The second-order valence-electron chi connectivity index (χ2n) is 12.2. The average molecular weight is 545 g/mol. The molecule has 7 nitrogen and oxygen atoms in total. The standard InChI is InChI=1S/C31H44N6OSi/c1-20(2)39(21(3)4,22(5)6)16-14-24-12-13-26(35-31(24)34-25-9-8-15-32-18-25)27-19-33-29-17-28(38-7)30(23-10-11-23)36-37(27)29/h12-13,17,19-23,25,32H,8-11,15,18H2,1-7H3,(H,34,35)/t25-/m1/s1. The third kappa shape index (κ3) is 5.44. The highest BCUT2D eigenvalue weighted by Gasteiger charge is 2.41. The lowest BCUT2D eigenvalue weighted by molar-refractivity contribution is 0.405. The highest BCUT2D eigenvalue weighted by atomic mass is 28.3. The van der Waals surface area contributed by atoms with Crippen LogP contribution in [0.25, 0.3) is 17.0 Å². The van der Waals surface area contributed by atoms with Crippen LogP contribution in [0.15, 0.2) is 24.4 Å². The molecule has 208 valence electrons. The highest BCUT2D eigenvalue weighted by molar-refractivity contribution is 6.90. The first-order valence-corrected chi connectivity index (χ1v) is 16.9. The molecule has 2 aliphatic rings. The van der Waals surface area contributed by atoms with Gasteiger partial charge in [0.15, 0.2) is 5.65 Å². The van der Waals surface area contributed by atoms with Gasteiger partial charge in [0.1, 0.15) is 31.0 Å². The smallest absolute Gasteiger partial charge is 0.157 e. The molecule has 0 radical (unpaired) electrons. The molecular formula is C31H44N6OSi. The fourth-order valence-electron chi connectivity index (χ4n) is 6.48. The molecule has 2 fully saturated rings. The summed E-state index contributed by atoms with van der Waals surface area (Å²) in [5.41, 5.74) is 10.1. The van der Waals surface area contributed by atoms with Crippen LogP contribution in [0.3, 0.4) is 0 Å². The number of ether oxygens (including phenoxy) is 1. The highest BCUT2D eigenvalue weighted by Crippen LogP contribution is 2.43. The van der Waals surface area contributed by atoms with E-state index in [4.69, 9.17) is 14.8 Å². The summed E-state index contributed by atoms with van der Waals surface area (Å²) in [6.45, 7) is 16.2. The topological polar surface area (TPSA) is 76.4 Å². The van der Waals surface area contributed by atoms with Gasteiger partial charge in [0, 0.05) is 24.6 Å². The third-order valence-electron chi connectivity index (χ3n) is 8.74. The van der Waals surface area contributed by atoms with E-state index < -0.39 is 8.07 Å². The largest absolute Gasteiger partial charge is 0.495 e. The van der Waals surface area contributed by atoms with E-state index in [-0.39, 0.29) is 0 Å². The van der Waals surface area contributed by atoms with Crippen LogP contribution in [-0.4, -0.2) is 53.9 Å². The predicted octanol–water partition coefficient (Wildman–Crippen LogP) is 6.41. The van der Waals surface area contributed by atoms with Crippen molar-refractivity contribution in [3.05, 3.63) is 35.7 Å². The molecular weight excluding hydrogens is 500 g/mol. The van der Waals surface area contributed by atoms with E-state index in [1.807, 2.05) is 16.8 Å². The van der Waals surface area contributed by atoms with Gasteiger partial charge in [-0.25, -0.2) is 14.5 Å². The summed E-state index contributed by atoms with van der Waals surface area (Å²) >= 11 is 0. The van der Waals surface area contributed by atoms with Crippen molar-refractivity contribution in [1.82, 2.24) is 24.9 Å². The Morgan fingerprint density at radius 1 is 1.08 bits per heavy atom. The molecule has 1 saturated heterocycles. The zero-order valence-electron chi connectivity index (χ0n) is 24.6. The zero-order valence-corrected chi connectivity index (χ0v) is 25.6. The SMILES string of the molecule is COc1cc2ncc(-c3ccc(C#C[Si](C(C)C)(C(C)C)C(C)C)c(N[C@@H]4CCCNC4)n3)n2nc1C1CC1. The van der Waals surface area contributed by atoms with Crippen molar-refractivity contribution in [1.29, 1.82) is 0 Å². The van der Waals surface area contributed by atoms with Gasteiger partial charge in [0.2, 0.25) is 0 Å². The predicted molar refractivity (Wildman–Crippen MR) is 162 cm³/mol. The molecule has 0 unspecified atom stereocenters. The first-order valence-electron chi connectivity index (χ1n) is 14.7. The number of hydrogen-bond acceptors (Lipinski definition) is 6. The summed E-state index contributed by atoms with van der Waals surface area (Å²) in [5, 5.41) is 12.2. The molecule has 1 aliphatic carbocycles. The van der Waals surface area contributed by atoms with Gasteiger partial charge in [0.25, 0.3) is 0 Å². The Morgan fingerprint density at radius 2 is 1.82 bits per heavy atom. The van der Waals surface area contributed by atoms with Crippen molar-refractivity contribution in [2.45, 2.75) is 95.8 Å². The maximum atomic E-state index is 5.63. The van der Waals surface area contributed by atoms with E-state index in [9.17, 15) is 0 Å². The Bertz CT molecular complexity index is 1350. The number of rotatable bonds is 8. The Balaban J connectivity index is 1.59. The van der Waals surface area contributed by atoms with E-state index in [1.165, 1.54) is 0 Å². The van der Waals surface area contributed by atoms with Gasteiger partial charge in [-0.05, 0) is 61.0 Å². The Labute approximate surface area is 234 Å². The van der Waals surface area contributed by atoms with Crippen LogP contribution in [0.2, 0.25) is 16.6 Å². The second kappa shape index (κ2) is 11.3. The number of anilines is 1. The van der Waals surface area contributed by atoms with Gasteiger partial charge in [0.05, 0.1) is 24.6 Å². The molecule has 39 heavy (non-hydrogen) atoms. The molecule has 8 heteroatoms. The number of methoxy groups -OCH3 is 1. The van der Waals surface area contributed by atoms with Gasteiger partial charge in [-0.3, -0.25) is 0 Å². The fraction of sp³-hybridized carbons (Fsp3) is 0.581. The molecule has 5 rings (SSSR count). The van der Waals surface area contributed by atoms with Gasteiger partial charge in [-0.1, -0.05) is 47.5 Å². The minimum Gasteiger partial charge on any atom is -0.495 e. The average Bonchev–Trinajstić information content (AvgIpc) is 3.68. The minimum atomic E-state index is -1.87. The maximum Gasteiger partial charge on any atom is 0.157 e. The molecule has 0 amide bonds. The van der Waals surface area contributed by atoms with Crippen molar-refractivity contribution >= 4 is 19.5 Å². The summed E-state index contributed by atoms with van der Waals surface area (Å²) in [5.74, 6) is 5.80. The number of fused-ring (bicyclic) bond motifs is 1. The van der Waals surface area contributed by atoms with Crippen molar-refractivity contribution in [2.24, 2.45) is 0 Å². The number of hydrogen-bond donors (Lipinski definition) is 2. The summed E-state index contributed by atoms with van der Waals surface area (Å²) in [6, 6.07) is 6.53. The second-order valence-corrected chi connectivity index (χ2v) is 17.8. The zero-order chi connectivity index (χ0) is 27.7. The van der Waals surface area contributed by atoms with Gasteiger partial charge < -0.3 is 15.4 Å². The van der Waals surface area contributed by atoms with Gasteiger partial charge in [-0.15, -0.1) is 5.54 Å². The van der Waals surface area contributed by atoms with Crippen molar-refractivity contribution in [3.8, 4) is 28.6 Å². The fourth-order valence-corrected chi connectivity index (χ4v) is 11.7. The lowest BCUT2D eigenvalue weighted by Gasteiger charge is -2.38. The molecule has 0 aromatic carbocycles. The third-order valence-corrected chi connectivity index (χ3v) is 15.0. The van der Waals surface area contributed by atoms with Crippen LogP contribution in [0, 0.1) is 11.5 Å². The lowest BCUT2D eigenvalue weighted by Crippen LogP contribution is -2.43. The monoisotopic (exact) mass is 544 g/mol. The normalized spacial score (nSPS) is 18.1. The summed E-state index contributed by atoms with van der Waals surface area (Å²) < 4.78 is 7.55. The molecule has 3 aromatic heterocycles. The van der Waals surface area contributed by atoms with Crippen LogP contribution < -0.4 is 15.4 Å². The molecule has 1 atom stereocenters. The van der Waals surface area contributed by atoms with E-state index in [2.05, 4.69) is 80.8 Å². The van der Waals surface area contributed by atoms with Crippen LogP contribution in [0.5, 0.6) is 5.75 Å².